The third-order valence-corrected chi connectivity index (χ3v) is 11.0. The minimum atomic E-state index is 0.852. The Bertz CT molecular complexity index is 2650. The molecule has 0 fully saturated rings. The van der Waals surface area contributed by atoms with E-state index in [1.54, 1.807) is 0 Å². The van der Waals surface area contributed by atoms with E-state index in [2.05, 4.69) is 106 Å². The second kappa shape index (κ2) is 15.1. The van der Waals surface area contributed by atoms with E-state index in [-0.39, 0.29) is 0 Å². The van der Waals surface area contributed by atoms with Crippen molar-refractivity contribution in [1.29, 1.82) is 0 Å². The second-order valence-electron chi connectivity index (χ2n) is 14.2. The lowest BCUT2D eigenvalue weighted by atomic mass is 9.99. The highest BCUT2D eigenvalue weighted by Gasteiger charge is 2.27. The Morgan fingerprint density at radius 1 is 0.316 bits per heavy atom. The summed E-state index contributed by atoms with van der Waals surface area (Å²) in [6.07, 6.45) is 2.83. The minimum Gasteiger partial charge on any atom is -0.457 e. The molecular formula is C51H36BrNO4. The third-order valence-electron chi connectivity index (χ3n) is 10.5. The third kappa shape index (κ3) is 7.01. The van der Waals surface area contributed by atoms with Gasteiger partial charge < -0.3 is 23.8 Å². The van der Waals surface area contributed by atoms with E-state index in [9.17, 15) is 0 Å². The molecule has 0 amide bonds. The largest absolute Gasteiger partial charge is 0.457 e. The fraction of sp³-hybridized carbons (Fsp3) is 0.0588. The van der Waals surface area contributed by atoms with E-state index >= 15 is 0 Å². The van der Waals surface area contributed by atoms with Crippen molar-refractivity contribution in [3.05, 3.63) is 220 Å². The molecule has 57 heavy (non-hydrogen) atoms. The fourth-order valence-electron chi connectivity index (χ4n) is 7.64. The fourth-order valence-corrected chi connectivity index (χ4v) is 7.98. The van der Waals surface area contributed by atoms with Crippen molar-refractivity contribution in [1.82, 2.24) is 0 Å². The summed E-state index contributed by atoms with van der Waals surface area (Å²) in [6.45, 7) is 0. The molecule has 12 rings (SSSR count). The summed E-state index contributed by atoms with van der Waals surface area (Å²) in [5, 5.41) is 0. The van der Waals surface area contributed by atoms with Gasteiger partial charge in [0.1, 0.15) is 34.5 Å². The molecule has 8 aromatic carbocycles. The quantitative estimate of drug-likeness (QED) is 0.165. The highest BCUT2D eigenvalue weighted by atomic mass is 79.9. The molecule has 0 radical (unpaired) electrons. The van der Waals surface area contributed by atoms with Gasteiger partial charge in [0.05, 0.1) is 17.1 Å². The Balaban J connectivity index is 0.000000115. The standard InChI is InChI=1S/C25H17NO2.C13H9BrO.C13H10O/c1-4-10-22-17(7-1)15-18-13-14-19(16-25(18)27-22)26-20-8-2-5-11-23(20)28-24-12-6-3-9-21(24)26;14-11-6-5-10-7-9-3-1-2-4-12(9)15-13(10)8-11;1-3-7-12-10(5-1)9-11-6-2-4-8-13(11)14-12/h1-14,16H,15H2;1-6,8H,7H2;1-8H,9H2. The van der Waals surface area contributed by atoms with Crippen LogP contribution in [-0.2, 0) is 19.3 Å². The van der Waals surface area contributed by atoms with Gasteiger partial charge in [-0.25, -0.2) is 0 Å². The second-order valence-corrected chi connectivity index (χ2v) is 15.1. The van der Waals surface area contributed by atoms with Crippen LogP contribution in [0, 0.1) is 0 Å². The molecule has 5 nitrogen and oxygen atoms in total. The Kier molecular flexibility index (Phi) is 9.17. The molecule has 6 heteroatoms. The maximum Gasteiger partial charge on any atom is 0.151 e. The van der Waals surface area contributed by atoms with Gasteiger partial charge in [0.25, 0.3) is 0 Å². The van der Waals surface area contributed by atoms with Gasteiger partial charge in [-0.05, 0) is 100 Å². The molecule has 0 unspecified atom stereocenters. The van der Waals surface area contributed by atoms with Crippen LogP contribution in [-0.4, -0.2) is 0 Å². The van der Waals surface area contributed by atoms with Crippen molar-refractivity contribution in [3.63, 3.8) is 0 Å². The van der Waals surface area contributed by atoms with Gasteiger partial charge in [-0.1, -0.05) is 125 Å². The van der Waals surface area contributed by atoms with Gasteiger partial charge in [-0.3, -0.25) is 0 Å². The number of ether oxygens (including phenoxy) is 4. The first-order valence-electron chi connectivity index (χ1n) is 19.1. The van der Waals surface area contributed by atoms with Crippen LogP contribution < -0.4 is 23.8 Å². The summed E-state index contributed by atoms with van der Waals surface area (Å²) in [6, 6.07) is 61.7. The number of para-hydroxylation sites is 8. The number of anilines is 3. The summed E-state index contributed by atoms with van der Waals surface area (Å²) in [5.74, 6) is 7.48. The molecule has 276 valence electrons. The minimum absolute atomic E-state index is 0.852. The molecule has 8 aromatic rings. The summed E-state index contributed by atoms with van der Waals surface area (Å²) >= 11 is 3.45. The zero-order valence-corrected chi connectivity index (χ0v) is 32.5. The summed E-state index contributed by atoms with van der Waals surface area (Å²) in [5.41, 5.74) is 10.6. The van der Waals surface area contributed by atoms with E-state index < -0.39 is 0 Å². The van der Waals surface area contributed by atoms with Gasteiger partial charge in [-0.15, -0.1) is 0 Å². The smallest absolute Gasteiger partial charge is 0.151 e. The number of fused-ring (bicyclic) bond motifs is 8. The predicted octanol–water partition coefficient (Wildman–Crippen LogP) is 14.5. The average Bonchev–Trinajstić information content (AvgIpc) is 3.26. The Hall–Kier alpha value is -6.76. The number of halogens is 1. The van der Waals surface area contributed by atoms with Crippen LogP contribution in [0.1, 0.15) is 33.4 Å². The normalized spacial score (nSPS) is 13.0. The average molecular weight is 807 g/mol. The molecule has 4 heterocycles. The van der Waals surface area contributed by atoms with Gasteiger partial charge in [0.2, 0.25) is 0 Å². The molecule has 0 N–H and O–H groups in total. The van der Waals surface area contributed by atoms with E-state index in [1.165, 1.54) is 33.4 Å². The Labute approximate surface area is 340 Å². The SMILES string of the molecule is Brc1ccc2c(c1)Oc1ccccc1C2.c1ccc2c(c1)Cc1ccc(N3c4ccccc4Oc4ccccc43)cc1O2.c1ccc2c(c1)Cc1ccccc1O2. The van der Waals surface area contributed by atoms with E-state index in [0.29, 0.717) is 0 Å². The maximum absolute atomic E-state index is 6.23. The number of hydrogen-bond acceptors (Lipinski definition) is 5. The first-order chi connectivity index (χ1) is 28.1. The first kappa shape index (κ1) is 34.7. The monoisotopic (exact) mass is 805 g/mol. The molecular weight excluding hydrogens is 770 g/mol. The number of rotatable bonds is 1. The molecule has 0 aliphatic carbocycles. The highest BCUT2D eigenvalue weighted by molar-refractivity contribution is 9.10. The van der Waals surface area contributed by atoms with Crippen molar-refractivity contribution in [2.24, 2.45) is 0 Å². The molecule has 4 aliphatic heterocycles. The Morgan fingerprint density at radius 3 is 1.12 bits per heavy atom. The topological polar surface area (TPSA) is 40.2 Å². The van der Waals surface area contributed by atoms with Gasteiger partial charge >= 0.3 is 0 Å². The van der Waals surface area contributed by atoms with Crippen LogP contribution >= 0.6 is 15.9 Å². The summed E-state index contributed by atoms with van der Waals surface area (Å²) in [4.78, 5) is 2.23. The molecule has 0 saturated carbocycles. The van der Waals surface area contributed by atoms with Crippen LogP contribution in [0.5, 0.6) is 46.0 Å². The molecule has 0 aromatic heterocycles. The van der Waals surface area contributed by atoms with E-state index in [4.69, 9.17) is 18.9 Å². The van der Waals surface area contributed by atoms with E-state index in [0.717, 1.165) is 86.8 Å². The molecule has 4 aliphatic rings. The maximum atomic E-state index is 6.23. The number of nitrogens with zero attached hydrogens (tertiary/aromatic N) is 1. The predicted molar refractivity (Wildman–Crippen MR) is 230 cm³/mol. The number of hydrogen-bond donors (Lipinski definition) is 0. The zero-order chi connectivity index (χ0) is 38.1. The van der Waals surface area contributed by atoms with Crippen molar-refractivity contribution >= 4 is 33.0 Å². The lowest BCUT2D eigenvalue weighted by Gasteiger charge is -2.33. The van der Waals surface area contributed by atoms with Gasteiger partial charge in [-0.2, -0.15) is 0 Å². The zero-order valence-electron chi connectivity index (χ0n) is 30.9. The Morgan fingerprint density at radius 2 is 0.649 bits per heavy atom. The van der Waals surface area contributed by atoms with Crippen LogP contribution in [0.4, 0.5) is 17.1 Å². The van der Waals surface area contributed by atoms with Crippen LogP contribution in [0.3, 0.4) is 0 Å². The lowest BCUT2D eigenvalue weighted by Crippen LogP contribution is -2.16. The molecule has 0 bridgehead atoms. The van der Waals surface area contributed by atoms with Gasteiger partial charge in [0.15, 0.2) is 11.5 Å². The molecule has 0 atom stereocenters. The van der Waals surface area contributed by atoms with Crippen LogP contribution in [0.2, 0.25) is 0 Å². The van der Waals surface area contributed by atoms with Crippen LogP contribution in [0.25, 0.3) is 0 Å². The van der Waals surface area contributed by atoms with Crippen LogP contribution in [0.15, 0.2) is 186 Å². The van der Waals surface area contributed by atoms with Crippen molar-refractivity contribution in [2.75, 3.05) is 4.90 Å². The molecule has 0 spiro atoms. The number of benzene rings is 8. The highest BCUT2D eigenvalue weighted by Crippen LogP contribution is 2.51. The van der Waals surface area contributed by atoms with E-state index in [1.807, 2.05) is 97.1 Å². The summed E-state index contributed by atoms with van der Waals surface area (Å²) in [7, 11) is 0. The van der Waals surface area contributed by atoms with Crippen molar-refractivity contribution in [2.45, 2.75) is 19.3 Å². The lowest BCUT2D eigenvalue weighted by molar-refractivity contribution is 0.459. The van der Waals surface area contributed by atoms with Crippen molar-refractivity contribution < 1.29 is 18.9 Å². The first-order valence-corrected chi connectivity index (χ1v) is 19.8. The summed E-state index contributed by atoms with van der Waals surface area (Å²) < 4.78 is 25.0. The molecule has 0 saturated heterocycles. The van der Waals surface area contributed by atoms with Gasteiger partial charge in [0, 0.05) is 29.8 Å². The van der Waals surface area contributed by atoms with Crippen molar-refractivity contribution in [3.8, 4) is 46.0 Å².